The Balaban J connectivity index is 1.71. The number of carbonyl (C=O) groups is 1. The molecule has 0 saturated carbocycles. The van der Waals surface area contributed by atoms with Crippen LogP contribution < -0.4 is 4.74 Å². The number of piperidine rings is 1. The third-order valence-electron chi connectivity index (χ3n) is 4.84. The summed E-state index contributed by atoms with van der Waals surface area (Å²) < 4.78 is 33.5. The number of hydrogen-bond donors (Lipinski definition) is 0. The van der Waals surface area contributed by atoms with Crippen molar-refractivity contribution in [3.63, 3.8) is 0 Å². The smallest absolute Gasteiger partial charge is 0.253 e. The van der Waals surface area contributed by atoms with Gasteiger partial charge in [-0.05, 0) is 43.2 Å². The van der Waals surface area contributed by atoms with Crippen LogP contribution in [0.5, 0.6) is 5.75 Å². The minimum absolute atomic E-state index is 0.135. The molecular weight excluding hydrogens is 376 g/mol. The van der Waals surface area contributed by atoms with Crippen LogP contribution in [0.25, 0.3) is 0 Å². The van der Waals surface area contributed by atoms with Crippen LogP contribution in [0.2, 0.25) is 0 Å². The molecule has 0 radical (unpaired) electrons. The third-order valence-corrected chi connectivity index (χ3v) is 6.70. The Bertz CT molecular complexity index is 913. The van der Waals surface area contributed by atoms with E-state index in [9.17, 15) is 13.2 Å². The van der Waals surface area contributed by atoms with Gasteiger partial charge in [0.05, 0.1) is 11.5 Å². The molecule has 1 unspecified atom stereocenters. The maximum absolute atomic E-state index is 13.1. The lowest BCUT2D eigenvalue weighted by Gasteiger charge is -2.32. The van der Waals surface area contributed by atoms with Crippen LogP contribution in [0, 0.1) is 5.92 Å². The number of sulfonamides is 1. The van der Waals surface area contributed by atoms with Crippen LogP contribution in [0.15, 0.2) is 59.5 Å². The van der Waals surface area contributed by atoms with Crippen molar-refractivity contribution in [1.82, 2.24) is 9.21 Å². The summed E-state index contributed by atoms with van der Waals surface area (Å²) in [5.74, 6) is 0.706. The van der Waals surface area contributed by atoms with Crippen molar-refractivity contribution in [2.45, 2.75) is 17.7 Å². The number of amides is 1. The Hall–Kier alpha value is -2.38. The molecule has 1 aliphatic rings. The van der Waals surface area contributed by atoms with Gasteiger partial charge in [-0.1, -0.05) is 24.3 Å². The summed E-state index contributed by atoms with van der Waals surface area (Å²) in [7, 11) is -0.364. The van der Waals surface area contributed by atoms with Crippen LogP contribution in [-0.4, -0.2) is 57.3 Å². The molecule has 0 bridgehead atoms. The second-order valence-electron chi connectivity index (χ2n) is 7.22. The quantitative estimate of drug-likeness (QED) is 0.745. The van der Waals surface area contributed by atoms with Gasteiger partial charge in [-0.25, -0.2) is 8.42 Å². The van der Waals surface area contributed by atoms with E-state index >= 15 is 0 Å². The molecule has 7 heteroatoms. The van der Waals surface area contributed by atoms with Crippen LogP contribution >= 0.6 is 0 Å². The molecule has 0 aromatic heterocycles. The van der Waals surface area contributed by atoms with Gasteiger partial charge in [0.25, 0.3) is 5.91 Å². The van der Waals surface area contributed by atoms with Gasteiger partial charge in [0, 0.05) is 38.7 Å². The zero-order chi connectivity index (χ0) is 20.1. The Kier molecular flexibility index (Phi) is 6.36. The molecule has 1 fully saturated rings. The van der Waals surface area contributed by atoms with E-state index < -0.39 is 10.0 Å². The Morgan fingerprint density at radius 2 is 1.89 bits per heavy atom. The van der Waals surface area contributed by atoms with Crippen molar-refractivity contribution in [3.8, 4) is 5.75 Å². The zero-order valence-corrected chi connectivity index (χ0v) is 17.1. The lowest BCUT2D eigenvalue weighted by atomic mass is 10.0. The third kappa shape index (κ3) is 4.72. The van der Waals surface area contributed by atoms with Gasteiger partial charge in [-0.15, -0.1) is 0 Å². The van der Waals surface area contributed by atoms with E-state index in [-0.39, 0.29) is 16.7 Å². The van der Waals surface area contributed by atoms with Gasteiger partial charge in [0.2, 0.25) is 10.0 Å². The van der Waals surface area contributed by atoms with E-state index in [2.05, 4.69) is 0 Å². The van der Waals surface area contributed by atoms with Crippen molar-refractivity contribution < 1.29 is 17.9 Å². The summed E-state index contributed by atoms with van der Waals surface area (Å²) in [6.07, 6.45) is 1.72. The van der Waals surface area contributed by atoms with E-state index in [0.717, 1.165) is 18.6 Å². The second kappa shape index (κ2) is 8.75. The van der Waals surface area contributed by atoms with Crippen molar-refractivity contribution in [1.29, 1.82) is 0 Å². The molecule has 6 nitrogen and oxygen atoms in total. The Morgan fingerprint density at radius 1 is 1.14 bits per heavy atom. The SMILES string of the molecule is CN(C)C(=O)c1cccc(S(=O)(=O)N2CCCC(COc3ccccc3)C2)c1. The van der Waals surface area contributed by atoms with Crippen LogP contribution in [0.1, 0.15) is 23.2 Å². The van der Waals surface area contributed by atoms with Crippen LogP contribution in [0.3, 0.4) is 0 Å². The normalized spacial score (nSPS) is 17.9. The van der Waals surface area contributed by atoms with E-state index in [4.69, 9.17) is 4.74 Å². The van der Waals surface area contributed by atoms with Gasteiger partial charge in [-0.3, -0.25) is 4.79 Å². The number of rotatable bonds is 6. The molecule has 1 heterocycles. The maximum Gasteiger partial charge on any atom is 0.253 e. The number of carbonyl (C=O) groups excluding carboxylic acids is 1. The van der Waals surface area contributed by atoms with Crippen molar-refractivity contribution in [3.05, 3.63) is 60.2 Å². The second-order valence-corrected chi connectivity index (χ2v) is 9.16. The fourth-order valence-electron chi connectivity index (χ4n) is 3.31. The molecule has 150 valence electrons. The highest BCUT2D eigenvalue weighted by Crippen LogP contribution is 2.25. The Labute approximate surface area is 166 Å². The minimum Gasteiger partial charge on any atom is -0.493 e. The summed E-state index contributed by atoms with van der Waals surface area (Å²) in [5, 5.41) is 0. The number of para-hydroxylation sites is 1. The lowest BCUT2D eigenvalue weighted by molar-refractivity contribution is 0.0827. The lowest BCUT2D eigenvalue weighted by Crippen LogP contribution is -2.41. The molecular formula is C21H26N2O4S. The molecule has 1 aliphatic heterocycles. The summed E-state index contributed by atoms with van der Waals surface area (Å²) in [5.41, 5.74) is 0.368. The largest absolute Gasteiger partial charge is 0.493 e. The van der Waals surface area contributed by atoms with Crippen molar-refractivity contribution in [2.24, 2.45) is 5.92 Å². The van der Waals surface area contributed by atoms with Gasteiger partial charge in [0.1, 0.15) is 5.75 Å². The average Bonchev–Trinajstić information content (AvgIpc) is 2.72. The van der Waals surface area contributed by atoms with Crippen LogP contribution in [0.4, 0.5) is 0 Å². The number of ether oxygens (including phenoxy) is 1. The first-order chi connectivity index (χ1) is 13.4. The standard InChI is InChI=1S/C21H26N2O4S/c1-22(2)21(24)18-9-6-12-20(14-18)28(25,26)23-13-7-8-17(15-23)16-27-19-10-4-3-5-11-19/h3-6,9-12,14,17H,7-8,13,15-16H2,1-2H3. The first kappa shape index (κ1) is 20.4. The summed E-state index contributed by atoms with van der Waals surface area (Å²) in [4.78, 5) is 13.8. The summed E-state index contributed by atoms with van der Waals surface area (Å²) >= 11 is 0. The highest BCUT2D eigenvalue weighted by molar-refractivity contribution is 7.89. The maximum atomic E-state index is 13.1. The van der Waals surface area contributed by atoms with Crippen LogP contribution in [-0.2, 0) is 10.0 Å². The fourth-order valence-corrected chi connectivity index (χ4v) is 4.91. The van der Waals surface area contributed by atoms with Gasteiger partial charge >= 0.3 is 0 Å². The minimum atomic E-state index is -3.65. The number of nitrogens with zero attached hydrogens (tertiary/aromatic N) is 2. The molecule has 0 aliphatic carbocycles. The zero-order valence-electron chi connectivity index (χ0n) is 16.2. The molecule has 2 aromatic rings. The first-order valence-electron chi connectivity index (χ1n) is 9.37. The van der Waals surface area contributed by atoms with Gasteiger partial charge in [0.15, 0.2) is 0 Å². The van der Waals surface area contributed by atoms with E-state index in [1.54, 1.807) is 32.3 Å². The molecule has 1 saturated heterocycles. The van der Waals surface area contributed by atoms with Crippen molar-refractivity contribution >= 4 is 15.9 Å². The predicted octanol–water partition coefficient (Wildman–Crippen LogP) is 2.87. The van der Waals surface area contributed by atoms with E-state index in [0.29, 0.717) is 25.3 Å². The number of hydrogen-bond acceptors (Lipinski definition) is 4. The van der Waals surface area contributed by atoms with Gasteiger partial charge < -0.3 is 9.64 Å². The monoisotopic (exact) mass is 402 g/mol. The highest BCUT2D eigenvalue weighted by Gasteiger charge is 2.31. The average molecular weight is 403 g/mol. The van der Waals surface area contributed by atoms with E-state index in [1.807, 2.05) is 30.3 Å². The topological polar surface area (TPSA) is 66.9 Å². The predicted molar refractivity (Wildman–Crippen MR) is 108 cm³/mol. The molecule has 1 amide bonds. The molecule has 3 rings (SSSR count). The first-order valence-corrected chi connectivity index (χ1v) is 10.8. The Morgan fingerprint density at radius 3 is 2.61 bits per heavy atom. The molecule has 2 aromatic carbocycles. The van der Waals surface area contributed by atoms with Crippen molar-refractivity contribution in [2.75, 3.05) is 33.8 Å². The summed E-state index contributed by atoms with van der Waals surface area (Å²) in [6.45, 7) is 1.38. The number of benzene rings is 2. The molecule has 0 spiro atoms. The molecule has 1 atom stereocenters. The summed E-state index contributed by atoms with van der Waals surface area (Å²) in [6, 6.07) is 15.8. The fraction of sp³-hybridized carbons (Fsp3) is 0.381. The highest BCUT2D eigenvalue weighted by atomic mass is 32.2. The van der Waals surface area contributed by atoms with E-state index in [1.165, 1.54) is 15.3 Å². The van der Waals surface area contributed by atoms with Gasteiger partial charge in [-0.2, -0.15) is 4.31 Å². The molecule has 0 N–H and O–H groups in total. The molecule has 28 heavy (non-hydrogen) atoms.